The second-order valence-electron chi connectivity index (χ2n) is 12.0. The lowest BCUT2D eigenvalue weighted by Gasteiger charge is -2.29. The van der Waals surface area contributed by atoms with Crippen LogP contribution in [0.15, 0.2) is 132 Å². The number of aromatic nitrogens is 2. The molecule has 7 nitrogen and oxygen atoms in total. The number of para-hydroxylation sites is 1. The van der Waals surface area contributed by atoms with Crippen LogP contribution in [0.2, 0.25) is 0 Å². The van der Waals surface area contributed by atoms with Crippen LogP contribution in [0.1, 0.15) is 41.0 Å². The van der Waals surface area contributed by atoms with Crippen molar-refractivity contribution in [1.82, 2.24) is 9.97 Å². The molecule has 5 aromatic rings. The van der Waals surface area contributed by atoms with Gasteiger partial charge in [-0.3, -0.25) is 0 Å². The highest BCUT2D eigenvalue weighted by Gasteiger charge is 2.52. The number of cyclic esters (lactones) is 1. The van der Waals surface area contributed by atoms with Crippen molar-refractivity contribution in [3.8, 4) is 0 Å². The zero-order valence-electron chi connectivity index (χ0n) is 24.5. The average molecular weight is 617 g/mol. The van der Waals surface area contributed by atoms with Crippen LogP contribution in [0.4, 0.5) is 0 Å². The van der Waals surface area contributed by atoms with Gasteiger partial charge in [-0.2, -0.15) is 0 Å². The number of esters is 1. The smallest absolute Gasteiger partial charge is 0.339 e. The summed E-state index contributed by atoms with van der Waals surface area (Å²) in [4.78, 5) is 22.2. The molecule has 0 spiro atoms. The lowest BCUT2D eigenvalue weighted by Crippen LogP contribution is -2.37. The van der Waals surface area contributed by atoms with E-state index in [9.17, 15) is 18.3 Å². The van der Waals surface area contributed by atoms with E-state index in [2.05, 4.69) is 9.97 Å². The van der Waals surface area contributed by atoms with Gasteiger partial charge in [0.2, 0.25) is 15.0 Å². The van der Waals surface area contributed by atoms with Gasteiger partial charge in [0, 0.05) is 30.3 Å². The maximum absolute atomic E-state index is 13.8. The van der Waals surface area contributed by atoms with Crippen molar-refractivity contribution in [2.75, 3.05) is 0 Å². The summed E-state index contributed by atoms with van der Waals surface area (Å²) in [6.45, 7) is 0. The van der Waals surface area contributed by atoms with Crippen LogP contribution in [-0.4, -0.2) is 35.1 Å². The summed E-state index contributed by atoms with van der Waals surface area (Å²) in [5.41, 5.74) is 2.80. The van der Waals surface area contributed by atoms with E-state index in [0.717, 1.165) is 34.9 Å². The van der Waals surface area contributed by atoms with Crippen molar-refractivity contribution in [3.05, 3.63) is 149 Å². The molecular weight excluding hydrogens is 584 g/mol. The molecule has 0 amide bonds. The standard InChI is InChI=1S/C37H32N2O5S/c40-34-33(35(41)44-37(34,21-25-10-3-1-4-11-25)22-26-12-5-2-6-13-26)32(28-18-19-28)29-16-9-14-27(20-29)24-45(42,43)36-38-23-30-15-7-8-17-31(30)39-36/h1-17,20,23,28,32,40H,18-19,21-22,24H2. The van der Waals surface area contributed by atoms with Gasteiger partial charge in [0.1, 0.15) is 5.76 Å². The van der Waals surface area contributed by atoms with Crippen LogP contribution in [0.25, 0.3) is 10.9 Å². The molecule has 0 bridgehead atoms. The first kappa shape index (κ1) is 28.9. The molecule has 1 N–H and O–H groups in total. The monoisotopic (exact) mass is 616 g/mol. The quantitative estimate of drug-likeness (QED) is 0.138. The number of rotatable bonds is 10. The zero-order valence-corrected chi connectivity index (χ0v) is 25.4. The summed E-state index contributed by atoms with van der Waals surface area (Å²) in [7, 11) is -3.86. The molecule has 2 heterocycles. The maximum Gasteiger partial charge on any atom is 0.339 e. The van der Waals surface area contributed by atoms with Gasteiger partial charge in [-0.15, -0.1) is 0 Å². The van der Waals surface area contributed by atoms with Gasteiger partial charge < -0.3 is 9.84 Å². The van der Waals surface area contributed by atoms with Gasteiger partial charge in [0.15, 0.2) is 5.60 Å². The molecule has 1 fully saturated rings. The molecule has 0 radical (unpaired) electrons. The normalized spacial score (nSPS) is 16.9. The van der Waals surface area contributed by atoms with Crippen LogP contribution in [0.5, 0.6) is 0 Å². The van der Waals surface area contributed by atoms with Crippen molar-refractivity contribution < 1.29 is 23.1 Å². The number of nitrogens with zero attached hydrogens (tertiary/aromatic N) is 2. The highest BCUT2D eigenvalue weighted by molar-refractivity contribution is 7.90. The summed E-state index contributed by atoms with van der Waals surface area (Å²) >= 11 is 0. The number of carbonyl (C=O) groups excluding carboxylic acids is 1. The molecule has 45 heavy (non-hydrogen) atoms. The molecule has 0 saturated heterocycles. The maximum atomic E-state index is 13.8. The molecule has 1 aliphatic carbocycles. The highest BCUT2D eigenvalue weighted by Crippen LogP contribution is 2.51. The minimum atomic E-state index is -3.86. The van der Waals surface area contributed by atoms with E-state index in [1.54, 1.807) is 24.3 Å². The fourth-order valence-electron chi connectivity index (χ4n) is 6.42. The van der Waals surface area contributed by atoms with Crippen molar-refractivity contribution in [1.29, 1.82) is 0 Å². The first-order valence-corrected chi connectivity index (χ1v) is 16.7. The number of fused-ring (bicyclic) bond motifs is 1. The lowest BCUT2D eigenvalue weighted by atomic mass is 9.81. The summed E-state index contributed by atoms with van der Waals surface area (Å²) in [6.07, 6.45) is 3.96. The van der Waals surface area contributed by atoms with E-state index in [1.807, 2.05) is 84.9 Å². The number of hydrogen-bond acceptors (Lipinski definition) is 7. The largest absolute Gasteiger partial charge is 0.507 e. The van der Waals surface area contributed by atoms with Gasteiger partial charge in [0.25, 0.3) is 0 Å². The van der Waals surface area contributed by atoms with Crippen molar-refractivity contribution in [2.45, 2.75) is 48.1 Å². The van der Waals surface area contributed by atoms with E-state index in [0.29, 0.717) is 23.9 Å². The van der Waals surface area contributed by atoms with Crippen molar-refractivity contribution in [2.24, 2.45) is 5.92 Å². The molecule has 2 aliphatic rings. The fourth-order valence-corrected chi connectivity index (χ4v) is 7.62. The minimum Gasteiger partial charge on any atom is -0.507 e. The van der Waals surface area contributed by atoms with E-state index in [1.165, 1.54) is 6.20 Å². The Hall–Kier alpha value is -4.82. The molecule has 1 atom stereocenters. The Balaban J connectivity index is 1.25. The van der Waals surface area contributed by atoms with Crippen LogP contribution >= 0.6 is 0 Å². The predicted octanol–water partition coefficient (Wildman–Crippen LogP) is 6.69. The fraction of sp³-hybridized carbons (Fsp3) is 0.216. The minimum absolute atomic E-state index is 0.0419. The number of carbonyl (C=O) groups is 1. The molecule has 1 unspecified atom stereocenters. The highest BCUT2D eigenvalue weighted by atomic mass is 32.2. The number of sulfone groups is 1. The third-order valence-electron chi connectivity index (χ3n) is 8.68. The predicted molar refractivity (Wildman–Crippen MR) is 171 cm³/mol. The molecule has 1 saturated carbocycles. The summed E-state index contributed by atoms with van der Waals surface area (Å²) in [6, 6.07) is 34.0. The van der Waals surface area contributed by atoms with E-state index >= 15 is 0 Å². The number of benzene rings is 4. The summed E-state index contributed by atoms with van der Waals surface area (Å²) in [5.74, 6) is -1.16. The Morgan fingerprint density at radius 3 is 2.11 bits per heavy atom. The Kier molecular flexibility index (Phi) is 7.45. The van der Waals surface area contributed by atoms with Gasteiger partial charge in [-0.25, -0.2) is 23.2 Å². The van der Waals surface area contributed by atoms with Gasteiger partial charge in [0.05, 0.1) is 16.8 Å². The molecule has 226 valence electrons. The molecule has 8 heteroatoms. The second kappa shape index (κ2) is 11.6. The van der Waals surface area contributed by atoms with Gasteiger partial charge in [-0.1, -0.05) is 103 Å². The van der Waals surface area contributed by atoms with Crippen molar-refractivity contribution in [3.63, 3.8) is 0 Å². The van der Waals surface area contributed by atoms with Crippen LogP contribution in [0.3, 0.4) is 0 Å². The summed E-state index contributed by atoms with van der Waals surface area (Å²) in [5, 5.41) is 12.5. The Morgan fingerprint density at radius 1 is 0.822 bits per heavy atom. The van der Waals surface area contributed by atoms with Crippen LogP contribution in [0, 0.1) is 5.92 Å². The van der Waals surface area contributed by atoms with Crippen LogP contribution < -0.4 is 0 Å². The van der Waals surface area contributed by atoms with E-state index < -0.39 is 27.3 Å². The molecule has 1 aromatic heterocycles. The Morgan fingerprint density at radius 2 is 1.44 bits per heavy atom. The SMILES string of the molecule is O=C1OC(Cc2ccccc2)(Cc2ccccc2)C(O)=C1C(c1cccc(CS(=O)(=O)c2ncc3ccccc3n2)c1)C1CC1. The third kappa shape index (κ3) is 5.85. The summed E-state index contributed by atoms with van der Waals surface area (Å²) < 4.78 is 33.0. The number of ether oxygens (including phenoxy) is 1. The average Bonchev–Trinajstić information content (AvgIpc) is 3.85. The van der Waals surface area contributed by atoms with E-state index in [4.69, 9.17) is 4.74 Å². The van der Waals surface area contributed by atoms with Gasteiger partial charge >= 0.3 is 5.97 Å². The molecule has 1 aliphatic heterocycles. The number of aliphatic hydroxyl groups is 1. The first-order valence-electron chi connectivity index (χ1n) is 15.1. The molecular formula is C37H32N2O5S. The topological polar surface area (TPSA) is 106 Å². The van der Waals surface area contributed by atoms with Crippen LogP contribution in [-0.2, 0) is 38.0 Å². The Labute approximate surface area is 262 Å². The molecule has 4 aromatic carbocycles. The lowest BCUT2D eigenvalue weighted by molar-refractivity contribution is -0.148. The van der Waals surface area contributed by atoms with Gasteiger partial charge in [-0.05, 0) is 47.1 Å². The number of hydrogen-bond donors (Lipinski definition) is 1. The number of aliphatic hydroxyl groups excluding tert-OH is 1. The van der Waals surface area contributed by atoms with E-state index in [-0.39, 0.29) is 28.2 Å². The third-order valence-corrected chi connectivity index (χ3v) is 10.1. The second-order valence-corrected chi connectivity index (χ2v) is 13.9. The Bertz CT molecular complexity index is 1980. The van der Waals surface area contributed by atoms with Crippen molar-refractivity contribution >= 4 is 26.7 Å². The molecule has 7 rings (SSSR count). The first-order chi connectivity index (χ1) is 21.8. The zero-order chi connectivity index (χ0) is 31.0.